The molecule has 2 atom stereocenters. The second-order valence-electron chi connectivity index (χ2n) is 5.97. The molecule has 1 aromatic rings. The monoisotopic (exact) mass is 293 g/mol. The Kier molecular flexibility index (Phi) is 3.94. The maximum atomic E-state index is 12.1. The van der Waals surface area contributed by atoms with Crippen molar-refractivity contribution in [3.63, 3.8) is 0 Å². The lowest BCUT2D eigenvalue weighted by Gasteiger charge is -2.36. The van der Waals surface area contributed by atoms with Gasteiger partial charge in [-0.25, -0.2) is 4.98 Å². The van der Waals surface area contributed by atoms with Gasteiger partial charge >= 0.3 is 0 Å². The molecule has 0 spiro atoms. The highest BCUT2D eigenvalue weighted by Gasteiger charge is 2.38. The summed E-state index contributed by atoms with van der Waals surface area (Å²) < 4.78 is 0. The Morgan fingerprint density at radius 3 is 2.80 bits per heavy atom. The first-order valence-electron chi connectivity index (χ1n) is 7.25. The number of pyridine rings is 1. The van der Waals surface area contributed by atoms with Crippen LogP contribution < -0.4 is 5.32 Å². The van der Waals surface area contributed by atoms with E-state index in [1.54, 1.807) is 18.3 Å². The fourth-order valence-corrected chi connectivity index (χ4v) is 3.75. The number of halogens is 1. The Morgan fingerprint density at radius 2 is 2.15 bits per heavy atom. The molecular weight excluding hydrogens is 274 g/mol. The summed E-state index contributed by atoms with van der Waals surface area (Å²) in [4.78, 5) is 18.5. The van der Waals surface area contributed by atoms with Crippen LogP contribution in [0.4, 0.5) is 0 Å². The number of amides is 1. The second kappa shape index (κ2) is 5.70. The molecule has 1 aromatic heterocycles. The molecule has 2 aliphatic rings. The van der Waals surface area contributed by atoms with Crippen molar-refractivity contribution in [3.8, 4) is 0 Å². The van der Waals surface area contributed by atoms with Gasteiger partial charge in [0.05, 0.1) is 0 Å². The molecule has 0 saturated carbocycles. The molecule has 1 N–H and O–H groups in total. The normalized spacial score (nSPS) is 29.4. The van der Waals surface area contributed by atoms with Gasteiger partial charge in [-0.15, -0.1) is 0 Å². The summed E-state index contributed by atoms with van der Waals surface area (Å²) in [6, 6.07) is 4.73. The quantitative estimate of drug-likeness (QED) is 0.870. The number of fused-ring (bicyclic) bond motifs is 2. The SMILES string of the molecule is CN1C2CCC1CC(CNC(=O)c1ccnc(Cl)c1)C2. The number of rotatable bonds is 3. The van der Waals surface area contributed by atoms with Crippen molar-refractivity contribution >= 4 is 17.5 Å². The molecule has 3 heterocycles. The highest BCUT2D eigenvalue weighted by Crippen LogP contribution is 2.36. The first kappa shape index (κ1) is 13.8. The minimum atomic E-state index is -0.0550. The topological polar surface area (TPSA) is 45.2 Å². The van der Waals surface area contributed by atoms with E-state index < -0.39 is 0 Å². The predicted molar refractivity (Wildman–Crippen MR) is 78.9 cm³/mol. The maximum Gasteiger partial charge on any atom is 0.251 e. The third-order valence-electron chi connectivity index (χ3n) is 4.74. The van der Waals surface area contributed by atoms with Crippen LogP contribution in [0, 0.1) is 5.92 Å². The second-order valence-corrected chi connectivity index (χ2v) is 6.35. The lowest BCUT2D eigenvalue weighted by molar-refractivity contribution is 0.0917. The lowest BCUT2D eigenvalue weighted by atomic mass is 9.91. The molecule has 0 aromatic carbocycles. The first-order chi connectivity index (χ1) is 9.63. The van der Waals surface area contributed by atoms with E-state index in [4.69, 9.17) is 11.6 Å². The summed E-state index contributed by atoms with van der Waals surface area (Å²) in [6.07, 6.45) is 6.58. The number of piperidine rings is 1. The van der Waals surface area contributed by atoms with Crippen LogP contribution in [0.3, 0.4) is 0 Å². The Morgan fingerprint density at radius 1 is 1.45 bits per heavy atom. The molecule has 108 valence electrons. The average Bonchev–Trinajstić information content (AvgIpc) is 2.66. The van der Waals surface area contributed by atoms with E-state index in [1.807, 2.05) is 0 Å². The van der Waals surface area contributed by atoms with Crippen LogP contribution in [0.1, 0.15) is 36.0 Å². The molecule has 2 aliphatic heterocycles. The zero-order chi connectivity index (χ0) is 14.1. The fraction of sp³-hybridized carbons (Fsp3) is 0.600. The summed E-state index contributed by atoms with van der Waals surface area (Å²) >= 11 is 5.80. The number of aromatic nitrogens is 1. The largest absolute Gasteiger partial charge is 0.352 e. The maximum absolute atomic E-state index is 12.1. The molecule has 4 nitrogen and oxygen atoms in total. The number of nitrogens with one attached hydrogen (secondary N) is 1. The summed E-state index contributed by atoms with van der Waals surface area (Å²) in [6.45, 7) is 0.764. The average molecular weight is 294 g/mol. The lowest BCUT2D eigenvalue weighted by Crippen LogP contribution is -2.43. The van der Waals surface area contributed by atoms with Crippen molar-refractivity contribution in [1.29, 1.82) is 0 Å². The minimum absolute atomic E-state index is 0.0550. The van der Waals surface area contributed by atoms with E-state index in [-0.39, 0.29) is 5.91 Å². The van der Waals surface area contributed by atoms with Gasteiger partial charge in [0.2, 0.25) is 0 Å². The van der Waals surface area contributed by atoms with Crippen LogP contribution in [0.15, 0.2) is 18.3 Å². The summed E-state index contributed by atoms with van der Waals surface area (Å²) in [5.74, 6) is 0.547. The predicted octanol–water partition coefficient (Wildman–Crippen LogP) is 2.34. The smallest absolute Gasteiger partial charge is 0.251 e. The van der Waals surface area contributed by atoms with E-state index in [2.05, 4.69) is 22.2 Å². The molecule has 1 amide bonds. The molecule has 20 heavy (non-hydrogen) atoms. The van der Waals surface area contributed by atoms with Crippen LogP contribution in [0.25, 0.3) is 0 Å². The molecule has 5 heteroatoms. The van der Waals surface area contributed by atoms with Gasteiger partial charge < -0.3 is 10.2 Å². The van der Waals surface area contributed by atoms with Gasteiger partial charge in [-0.2, -0.15) is 0 Å². The van der Waals surface area contributed by atoms with Gasteiger partial charge in [-0.1, -0.05) is 11.6 Å². The summed E-state index contributed by atoms with van der Waals surface area (Å²) in [5, 5.41) is 3.39. The number of carbonyl (C=O) groups excluding carboxylic acids is 1. The van der Waals surface area contributed by atoms with Gasteiger partial charge in [-0.05, 0) is 50.8 Å². The van der Waals surface area contributed by atoms with Gasteiger partial charge in [0.15, 0.2) is 0 Å². The van der Waals surface area contributed by atoms with Gasteiger partial charge in [0.1, 0.15) is 5.15 Å². The molecule has 3 rings (SSSR count). The zero-order valence-corrected chi connectivity index (χ0v) is 12.4. The van der Waals surface area contributed by atoms with Crippen molar-refractivity contribution in [2.45, 2.75) is 37.8 Å². The minimum Gasteiger partial charge on any atom is -0.352 e. The van der Waals surface area contributed by atoms with E-state index >= 15 is 0 Å². The van der Waals surface area contributed by atoms with Crippen LogP contribution in [0.2, 0.25) is 5.15 Å². The van der Waals surface area contributed by atoms with Crippen LogP contribution >= 0.6 is 11.6 Å². The van der Waals surface area contributed by atoms with Gasteiger partial charge in [0, 0.05) is 30.4 Å². The number of carbonyl (C=O) groups is 1. The standard InChI is InChI=1S/C15H20ClN3O/c1-19-12-2-3-13(19)7-10(6-12)9-18-15(20)11-4-5-17-14(16)8-11/h4-5,8,10,12-13H,2-3,6-7,9H2,1H3,(H,18,20). The van der Waals surface area contributed by atoms with E-state index in [1.165, 1.54) is 25.7 Å². The van der Waals surface area contributed by atoms with Crippen molar-refractivity contribution in [2.75, 3.05) is 13.6 Å². The third kappa shape index (κ3) is 2.81. The molecule has 2 unspecified atom stereocenters. The van der Waals surface area contributed by atoms with Gasteiger partial charge in [-0.3, -0.25) is 4.79 Å². The highest BCUT2D eigenvalue weighted by molar-refractivity contribution is 6.29. The number of nitrogens with zero attached hydrogens (tertiary/aromatic N) is 2. The Hall–Kier alpha value is -1.13. The van der Waals surface area contributed by atoms with Crippen LogP contribution in [0.5, 0.6) is 0 Å². The Labute approximate surface area is 124 Å². The van der Waals surface area contributed by atoms with Crippen LogP contribution in [-0.4, -0.2) is 41.5 Å². The molecule has 0 aliphatic carbocycles. The molecular formula is C15H20ClN3O. The highest BCUT2D eigenvalue weighted by atomic mass is 35.5. The fourth-order valence-electron chi connectivity index (χ4n) is 3.57. The molecule has 2 bridgehead atoms. The van der Waals surface area contributed by atoms with Crippen molar-refractivity contribution in [2.24, 2.45) is 5.92 Å². The summed E-state index contributed by atoms with van der Waals surface area (Å²) in [5.41, 5.74) is 0.584. The summed E-state index contributed by atoms with van der Waals surface area (Å²) in [7, 11) is 2.23. The number of hydrogen-bond acceptors (Lipinski definition) is 3. The van der Waals surface area contributed by atoms with Crippen LogP contribution in [-0.2, 0) is 0 Å². The number of hydrogen-bond donors (Lipinski definition) is 1. The first-order valence-corrected chi connectivity index (χ1v) is 7.63. The van der Waals surface area contributed by atoms with Gasteiger partial charge in [0.25, 0.3) is 5.91 Å². The third-order valence-corrected chi connectivity index (χ3v) is 4.94. The molecule has 2 fully saturated rings. The Bertz CT molecular complexity index is 494. The Balaban J connectivity index is 1.54. The van der Waals surface area contributed by atoms with Crippen molar-refractivity contribution in [3.05, 3.63) is 29.0 Å². The molecule has 2 saturated heterocycles. The van der Waals surface area contributed by atoms with E-state index in [0.717, 1.165) is 6.54 Å². The zero-order valence-electron chi connectivity index (χ0n) is 11.7. The van der Waals surface area contributed by atoms with E-state index in [9.17, 15) is 4.79 Å². The molecule has 0 radical (unpaired) electrons. The van der Waals surface area contributed by atoms with Crippen molar-refractivity contribution < 1.29 is 4.79 Å². The van der Waals surface area contributed by atoms with E-state index in [0.29, 0.717) is 28.7 Å². The van der Waals surface area contributed by atoms with Crippen molar-refractivity contribution in [1.82, 2.24) is 15.2 Å².